The van der Waals surface area contributed by atoms with Gasteiger partial charge in [0.05, 0.1) is 16.8 Å². The summed E-state index contributed by atoms with van der Waals surface area (Å²) in [7, 11) is 0. The van der Waals surface area contributed by atoms with Crippen LogP contribution in [0.5, 0.6) is 0 Å². The number of carboxylic acid groups (broad SMARTS) is 1. The highest BCUT2D eigenvalue weighted by Gasteiger charge is 2.16. The smallest absolute Gasteiger partial charge is 0.313 e. The maximum atomic E-state index is 13.2. The van der Waals surface area contributed by atoms with Gasteiger partial charge in [-0.2, -0.15) is 0 Å². The maximum Gasteiger partial charge on any atom is 0.313 e. The van der Waals surface area contributed by atoms with Gasteiger partial charge in [0.2, 0.25) is 0 Å². The van der Waals surface area contributed by atoms with Gasteiger partial charge in [0.25, 0.3) is 0 Å². The van der Waals surface area contributed by atoms with Crippen molar-refractivity contribution in [3.8, 4) is 0 Å². The summed E-state index contributed by atoms with van der Waals surface area (Å²) < 4.78 is 15.2. The Morgan fingerprint density at radius 2 is 2.32 bits per heavy atom. The molecule has 1 atom stereocenters. The van der Waals surface area contributed by atoms with E-state index in [2.05, 4.69) is 4.98 Å². The van der Waals surface area contributed by atoms with Gasteiger partial charge < -0.3 is 9.67 Å². The summed E-state index contributed by atoms with van der Waals surface area (Å²) in [5.74, 6) is -1.28. The molecule has 1 unspecified atom stereocenters. The molecule has 0 spiro atoms. The van der Waals surface area contributed by atoms with Crippen molar-refractivity contribution in [1.82, 2.24) is 9.55 Å². The van der Waals surface area contributed by atoms with Crippen LogP contribution < -0.4 is 0 Å². The van der Waals surface area contributed by atoms with Crippen LogP contribution >= 0.6 is 11.8 Å². The summed E-state index contributed by atoms with van der Waals surface area (Å²) >= 11 is 1.16. The Morgan fingerprint density at radius 3 is 2.95 bits per heavy atom. The number of carboxylic acids is 1. The van der Waals surface area contributed by atoms with Crippen molar-refractivity contribution >= 4 is 28.8 Å². The molecule has 19 heavy (non-hydrogen) atoms. The van der Waals surface area contributed by atoms with Gasteiger partial charge in [0.15, 0.2) is 5.16 Å². The summed E-state index contributed by atoms with van der Waals surface area (Å²) in [5.41, 5.74) is 1.40. The van der Waals surface area contributed by atoms with Crippen LogP contribution in [0.15, 0.2) is 23.4 Å². The summed E-state index contributed by atoms with van der Waals surface area (Å²) in [6.07, 6.45) is 0.892. The summed E-state index contributed by atoms with van der Waals surface area (Å²) in [6.45, 7) is 4.08. The second-order valence-electron chi connectivity index (χ2n) is 4.34. The third kappa shape index (κ3) is 2.89. The lowest BCUT2D eigenvalue weighted by Gasteiger charge is -2.14. The first kappa shape index (κ1) is 13.9. The molecule has 1 heterocycles. The summed E-state index contributed by atoms with van der Waals surface area (Å²) in [5, 5.41) is 9.39. The van der Waals surface area contributed by atoms with Crippen molar-refractivity contribution in [3.63, 3.8) is 0 Å². The van der Waals surface area contributed by atoms with Gasteiger partial charge in [-0.1, -0.05) is 18.7 Å². The second kappa shape index (κ2) is 5.61. The van der Waals surface area contributed by atoms with Gasteiger partial charge in [-0.05, 0) is 25.5 Å². The van der Waals surface area contributed by atoms with E-state index in [-0.39, 0.29) is 17.6 Å². The topological polar surface area (TPSA) is 55.1 Å². The molecule has 6 heteroatoms. The lowest BCUT2D eigenvalue weighted by molar-refractivity contribution is -0.133. The highest BCUT2D eigenvalue weighted by atomic mass is 32.2. The molecule has 0 bridgehead atoms. The molecule has 1 aromatic carbocycles. The van der Waals surface area contributed by atoms with Crippen molar-refractivity contribution in [3.05, 3.63) is 24.0 Å². The number of carbonyl (C=O) groups is 1. The maximum absolute atomic E-state index is 13.2. The number of aliphatic carboxylic acids is 1. The SMILES string of the molecule is CCC(C)n1c(SCC(=O)O)nc2cc(F)ccc21. The normalized spacial score (nSPS) is 12.8. The quantitative estimate of drug-likeness (QED) is 0.855. The number of imidazole rings is 1. The van der Waals surface area contributed by atoms with Crippen LogP contribution in [0.25, 0.3) is 11.0 Å². The Balaban J connectivity index is 2.50. The lowest BCUT2D eigenvalue weighted by Crippen LogP contribution is -2.07. The molecule has 0 aliphatic rings. The Labute approximate surface area is 114 Å². The van der Waals surface area contributed by atoms with Gasteiger partial charge in [0.1, 0.15) is 5.82 Å². The zero-order chi connectivity index (χ0) is 14.0. The summed E-state index contributed by atoms with van der Waals surface area (Å²) in [6, 6.07) is 4.65. The van der Waals surface area contributed by atoms with Gasteiger partial charge in [0, 0.05) is 12.1 Å². The molecule has 0 aliphatic heterocycles. The summed E-state index contributed by atoms with van der Waals surface area (Å²) in [4.78, 5) is 15.0. The van der Waals surface area contributed by atoms with Gasteiger partial charge in [-0.25, -0.2) is 9.37 Å². The Kier molecular flexibility index (Phi) is 4.09. The molecule has 0 amide bonds. The fourth-order valence-corrected chi connectivity index (χ4v) is 2.72. The first-order valence-electron chi connectivity index (χ1n) is 6.05. The van der Waals surface area contributed by atoms with Crippen LogP contribution in [-0.2, 0) is 4.79 Å². The van der Waals surface area contributed by atoms with Gasteiger partial charge in [-0.15, -0.1) is 0 Å². The van der Waals surface area contributed by atoms with Crippen molar-refractivity contribution in [2.24, 2.45) is 0 Å². The van der Waals surface area contributed by atoms with Crippen LogP contribution in [0, 0.1) is 5.82 Å². The number of thioether (sulfide) groups is 1. The predicted molar refractivity (Wildman–Crippen MR) is 73.1 cm³/mol. The fraction of sp³-hybridized carbons (Fsp3) is 0.385. The van der Waals surface area contributed by atoms with E-state index in [4.69, 9.17) is 5.11 Å². The van der Waals surface area contributed by atoms with Crippen molar-refractivity contribution < 1.29 is 14.3 Å². The third-order valence-electron chi connectivity index (χ3n) is 2.98. The molecule has 4 nitrogen and oxygen atoms in total. The average molecular weight is 282 g/mol. The molecule has 102 valence electrons. The molecule has 0 saturated heterocycles. The van der Waals surface area contributed by atoms with Crippen LogP contribution in [0.2, 0.25) is 0 Å². The monoisotopic (exact) mass is 282 g/mol. The first-order chi connectivity index (χ1) is 9.02. The van der Waals surface area contributed by atoms with Crippen molar-refractivity contribution in [1.29, 1.82) is 0 Å². The van der Waals surface area contributed by atoms with E-state index < -0.39 is 5.97 Å². The molecule has 0 fully saturated rings. The van der Waals surface area contributed by atoms with Crippen LogP contribution in [0.1, 0.15) is 26.3 Å². The standard InChI is InChI=1S/C13H15FN2O2S/c1-3-8(2)16-11-5-4-9(14)6-10(11)15-13(16)19-7-12(17)18/h4-6,8H,3,7H2,1-2H3,(H,17,18). The molecule has 2 aromatic rings. The molecule has 0 radical (unpaired) electrons. The Bertz CT molecular complexity index is 612. The van der Waals surface area contributed by atoms with Crippen LogP contribution in [-0.4, -0.2) is 26.4 Å². The van der Waals surface area contributed by atoms with Crippen molar-refractivity contribution in [2.75, 3.05) is 5.75 Å². The van der Waals surface area contributed by atoms with E-state index in [0.717, 1.165) is 23.7 Å². The number of halogens is 1. The van der Waals surface area contributed by atoms with Crippen molar-refractivity contribution in [2.45, 2.75) is 31.5 Å². The zero-order valence-electron chi connectivity index (χ0n) is 10.8. The molecule has 2 rings (SSSR count). The minimum atomic E-state index is -0.890. The number of benzene rings is 1. The Hall–Kier alpha value is -1.56. The first-order valence-corrected chi connectivity index (χ1v) is 7.03. The fourth-order valence-electron chi connectivity index (χ4n) is 1.89. The zero-order valence-corrected chi connectivity index (χ0v) is 11.6. The molecule has 1 aromatic heterocycles. The lowest BCUT2D eigenvalue weighted by atomic mass is 10.2. The van der Waals surface area contributed by atoms with Crippen LogP contribution in [0.4, 0.5) is 4.39 Å². The number of fused-ring (bicyclic) bond motifs is 1. The van der Waals surface area contributed by atoms with E-state index in [0.29, 0.717) is 10.7 Å². The molecular formula is C13H15FN2O2S. The van der Waals surface area contributed by atoms with E-state index in [1.54, 1.807) is 6.07 Å². The molecule has 0 saturated carbocycles. The average Bonchev–Trinajstić information content (AvgIpc) is 2.72. The highest BCUT2D eigenvalue weighted by Crippen LogP contribution is 2.29. The highest BCUT2D eigenvalue weighted by molar-refractivity contribution is 7.99. The molecule has 1 N–H and O–H groups in total. The van der Waals surface area contributed by atoms with Gasteiger partial charge in [-0.3, -0.25) is 4.79 Å². The number of hydrogen-bond donors (Lipinski definition) is 1. The third-order valence-corrected chi connectivity index (χ3v) is 3.91. The minimum Gasteiger partial charge on any atom is -0.481 e. The van der Waals surface area contributed by atoms with E-state index in [1.807, 2.05) is 18.4 Å². The number of hydrogen-bond acceptors (Lipinski definition) is 3. The van der Waals surface area contributed by atoms with E-state index >= 15 is 0 Å². The minimum absolute atomic E-state index is 0.0533. The number of rotatable bonds is 5. The largest absolute Gasteiger partial charge is 0.481 e. The molecular weight excluding hydrogens is 267 g/mol. The van der Waals surface area contributed by atoms with Crippen LogP contribution in [0.3, 0.4) is 0 Å². The number of aromatic nitrogens is 2. The number of nitrogens with zero attached hydrogens (tertiary/aromatic N) is 2. The predicted octanol–water partition coefficient (Wildman–Crippen LogP) is 3.32. The molecule has 0 aliphatic carbocycles. The van der Waals surface area contributed by atoms with Gasteiger partial charge >= 0.3 is 5.97 Å². The van der Waals surface area contributed by atoms with E-state index in [1.165, 1.54) is 12.1 Å². The second-order valence-corrected chi connectivity index (χ2v) is 5.28. The Morgan fingerprint density at radius 1 is 1.58 bits per heavy atom. The van der Waals surface area contributed by atoms with E-state index in [9.17, 15) is 9.18 Å².